The van der Waals surface area contributed by atoms with Crippen molar-refractivity contribution in [2.75, 3.05) is 13.1 Å². The molecule has 0 spiro atoms. The quantitative estimate of drug-likeness (QED) is 0.855. The standard InChI is InChI=1S/C13H22N4/c1-9-12(7-15-16(9)2)13(6-14)17-8-10-3-4-11(17)5-10/h7,10-11,13H,3-6,8,14H2,1-2H3. The molecule has 17 heavy (non-hydrogen) atoms. The Hall–Kier alpha value is -0.870. The predicted octanol–water partition coefficient (Wildman–Crippen LogP) is 1.21. The Balaban J connectivity index is 1.86. The van der Waals surface area contributed by atoms with E-state index >= 15 is 0 Å². The van der Waals surface area contributed by atoms with Gasteiger partial charge in [-0.1, -0.05) is 0 Å². The van der Waals surface area contributed by atoms with Crippen molar-refractivity contribution >= 4 is 0 Å². The van der Waals surface area contributed by atoms with E-state index in [9.17, 15) is 0 Å². The minimum absolute atomic E-state index is 0.374. The van der Waals surface area contributed by atoms with Crippen LogP contribution in [-0.2, 0) is 7.05 Å². The van der Waals surface area contributed by atoms with Gasteiger partial charge in [0.05, 0.1) is 12.2 Å². The number of hydrogen-bond donors (Lipinski definition) is 1. The molecule has 2 heterocycles. The second-order valence-corrected chi connectivity index (χ2v) is 5.59. The molecule has 1 aliphatic carbocycles. The van der Waals surface area contributed by atoms with Gasteiger partial charge in [-0.15, -0.1) is 0 Å². The number of aryl methyl sites for hydroxylation is 1. The first-order valence-electron chi connectivity index (χ1n) is 6.65. The molecule has 3 atom stereocenters. The van der Waals surface area contributed by atoms with E-state index in [1.807, 2.05) is 17.9 Å². The van der Waals surface area contributed by atoms with Gasteiger partial charge < -0.3 is 5.73 Å². The van der Waals surface area contributed by atoms with Crippen LogP contribution >= 0.6 is 0 Å². The van der Waals surface area contributed by atoms with Gasteiger partial charge in [-0.2, -0.15) is 5.10 Å². The lowest BCUT2D eigenvalue weighted by Crippen LogP contribution is -2.39. The molecule has 0 radical (unpaired) electrons. The molecule has 1 aliphatic heterocycles. The Morgan fingerprint density at radius 3 is 2.82 bits per heavy atom. The lowest BCUT2D eigenvalue weighted by molar-refractivity contribution is 0.152. The van der Waals surface area contributed by atoms with Gasteiger partial charge in [-0.25, -0.2) is 0 Å². The Labute approximate surface area is 103 Å². The van der Waals surface area contributed by atoms with E-state index in [-0.39, 0.29) is 0 Å². The maximum atomic E-state index is 6.02. The topological polar surface area (TPSA) is 47.1 Å². The second kappa shape index (κ2) is 4.10. The Morgan fingerprint density at radius 1 is 1.53 bits per heavy atom. The van der Waals surface area contributed by atoms with Gasteiger partial charge in [0.2, 0.25) is 0 Å². The molecule has 4 nitrogen and oxygen atoms in total. The van der Waals surface area contributed by atoms with Gasteiger partial charge in [-0.3, -0.25) is 9.58 Å². The third-order valence-electron chi connectivity index (χ3n) is 4.71. The van der Waals surface area contributed by atoms with Crippen molar-refractivity contribution in [2.24, 2.45) is 18.7 Å². The van der Waals surface area contributed by atoms with Crippen LogP contribution in [0.4, 0.5) is 0 Å². The number of hydrogen-bond acceptors (Lipinski definition) is 3. The van der Waals surface area contributed by atoms with Crippen molar-refractivity contribution < 1.29 is 0 Å². The second-order valence-electron chi connectivity index (χ2n) is 5.59. The molecular weight excluding hydrogens is 212 g/mol. The molecule has 94 valence electrons. The van der Waals surface area contributed by atoms with E-state index in [0.29, 0.717) is 12.6 Å². The minimum atomic E-state index is 0.374. The van der Waals surface area contributed by atoms with Crippen LogP contribution in [0.3, 0.4) is 0 Å². The van der Waals surface area contributed by atoms with Crippen molar-refractivity contribution in [3.63, 3.8) is 0 Å². The predicted molar refractivity (Wildman–Crippen MR) is 67.6 cm³/mol. The molecule has 4 heteroatoms. The van der Waals surface area contributed by atoms with Crippen LogP contribution in [0.15, 0.2) is 6.20 Å². The third-order valence-corrected chi connectivity index (χ3v) is 4.71. The number of nitrogens with two attached hydrogens (primary N) is 1. The van der Waals surface area contributed by atoms with Crippen molar-refractivity contribution in [2.45, 2.75) is 38.3 Å². The van der Waals surface area contributed by atoms with E-state index in [4.69, 9.17) is 5.73 Å². The monoisotopic (exact) mass is 234 g/mol. The molecule has 0 aromatic carbocycles. The van der Waals surface area contributed by atoms with Crippen LogP contribution in [-0.4, -0.2) is 33.8 Å². The summed E-state index contributed by atoms with van der Waals surface area (Å²) < 4.78 is 1.95. The van der Waals surface area contributed by atoms with Crippen molar-refractivity contribution in [3.05, 3.63) is 17.5 Å². The molecule has 3 rings (SSSR count). The van der Waals surface area contributed by atoms with E-state index in [1.165, 1.54) is 37.1 Å². The fourth-order valence-electron chi connectivity index (χ4n) is 3.63. The zero-order valence-corrected chi connectivity index (χ0v) is 10.8. The highest BCUT2D eigenvalue weighted by atomic mass is 15.3. The summed E-state index contributed by atoms with van der Waals surface area (Å²) >= 11 is 0. The molecule has 3 unspecified atom stereocenters. The minimum Gasteiger partial charge on any atom is -0.329 e. The van der Waals surface area contributed by atoms with Crippen molar-refractivity contribution in [1.29, 1.82) is 0 Å². The summed E-state index contributed by atoms with van der Waals surface area (Å²) in [4.78, 5) is 2.62. The van der Waals surface area contributed by atoms with E-state index < -0.39 is 0 Å². The average molecular weight is 234 g/mol. The summed E-state index contributed by atoms with van der Waals surface area (Å²) in [6.07, 6.45) is 6.17. The van der Waals surface area contributed by atoms with Gasteiger partial charge in [0.15, 0.2) is 0 Å². The molecule has 1 saturated heterocycles. The van der Waals surface area contributed by atoms with Crippen LogP contribution < -0.4 is 5.73 Å². The maximum Gasteiger partial charge on any atom is 0.0540 e. The number of rotatable bonds is 3. The van der Waals surface area contributed by atoms with Crippen LogP contribution in [0.25, 0.3) is 0 Å². The summed E-state index contributed by atoms with van der Waals surface area (Å²) in [5.74, 6) is 0.922. The number of nitrogens with zero attached hydrogens (tertiary/aromatic N) is 3. The van der Waals surface area contributed by atoms with Crippen LogP contribution in [0.2, 0.25) is 0 Å². The normalized spacial score (nSPS) is 30.1. The Bertz CT molecular complexity index is 412. The highest BCUT2D eigenvalue weighted by Gasteiger charge is 2.41. The van der Waals surface area contributed by atoms with Gasteiger partial charge in [0.1, 0.15) is 0 Å². The summed E-state index contributed by atoms with van der Waals surface area (Å²) in [6, 6.07) is 1.15. The molecular formula is C13H22N4. The van der Waals surface area contributed by atoms with Crippen molar-refractivity contribution in [3.8, 4) is 0 Å². The van der Waals surface area contributed by atoms with E-state index in [2.05, 4.69) is 16.9 Å². The molecule has 2 aliphatic rings. The average Bonchev–Trinajstić information content (AvgIpc) is 3.01. The van der Waals surface area contributed by atoms with Crippen LogP contribution in [0, 0.1) is 12.8 Å². The summed E-state index contributed by atoms with van der Waals surface area (Å²) in [5, 5.41) is 4.35. The van der Waals surface area contributed by atoms with Gasteiger partial charge >= 0.3 is 0 Å². The summed E-state index contributed by atoms with van der Waals surface area (Å²) in [5.41, 5.74) is 8.59. The third kappa shape index (κ3) is 1.70. The zero-order chi connectivity index (χ0) is 12.0. The van der Waals surface area contributed by atoms with Gasteiger partial charge in [-0.05, 0) is 32.1 Å². The smallest absolute Gasteiger partial charge is 0.0540 e. The summed E-state index contributed by atoms with van der Waals surface area (Å²) in [6.45, 7) is 4.08. The Kier molecular flexibility index (Phi) is 2.71. The lowest BCUT2D eigenvalue weighted by Gasteiger charge is -2.34. The van der Waals surface area contributed by atoms with Crippen molar-refractivity contribution in [1.82, 2.24) is 14.7 Å². The fourth-order valence-corrected chi connectivity index (χ4v) is 3.63. The first-order chi connectivity index (χ1) is 8.20. The highest BCUT2D eigenvalue weighted by molar-refractivity contribution is 5.22. The van der Waals surface area contributed by atoms with E-state index in [0.717, 1.165) is 12.0 Å². The van der Waals surface area contributed by atoms with E-state index in [1.54, 1.807) is 0 Å². The summed E-state index contributed by atoms with van der Waals surface area (Å²) in [7, 11) is 2.00. The lowest BCUT2D eigenvalue weighted by atomic mass is 10.0. The van der Waals surface area contributed by atoms with Crippen LogP contribution in [0.1, 0.15) is 36.6 Å². The number of aromatic nitrogens is 2. The molecule has 2 fully saturated rings. The van der Waals surface area contributed by atoms with Crippen LogP contribution in [0.5, 0.6) is 0 Å². The molecule has 2 N–H and O–H groups in total. The Morgan fingerprint density at radius 2 is 2.35 bits per heavy atom. The largest absolute Gasteiger partial charge is 0.329 e. The molecule has 2 bridgehead atoms. The number of piperidine rings is 1. The number of likely N-dealkylation sites (tertiary alicyclic amines) is 1. The first-order valence-corrected chi connectivity index (χ1v) is 6.65. The molecule has 1 aromatic rings. The fraction of sp³-hybridized carbons (Fsp3) is 0.769. The molecule has 1 saturated carbocycles. The molecule has 0 amide bonds. The first kappa shape index (κ1) is 11.2. The maximum absolute atomic E-state index is 6.02. The molecule has 1 aromatic heterocycles. The SMILES string of the molecule is Cc1c(C(CN)N2CC3CCC2C3)cnn1C. The van der Waals surface area contributed by atoms with Gasteiger partial charge in [0, 0.05) is 37.4 Å². The van der Waals surface area contributed by atoms with Gasteiger partial charge in [0.25, 0.3) is 0 Å². The highest BCUT2D eigenvalue weighted by Crippen LogP contribution is 2.42. The number of fused-ring (bicyclic) bond motifs is 2. The zero-order valence-electron chi connectivity index (χ0n) is 10.8.